The standard InChI is InChI=1S/C20H21N3O6S/c1-14(20(26)23-13-18(24)22-16-9-5-6-10-17(16)23)29-19(25)11-12-21-30(27,28)15-7-3-2-4-8-15/h2-10,14,21H,11-13H2,1H3,(H,22,24). The van der Waals surface area contributed by atoms with Crippen LogP contribution in [0.3, 0.4) is 0 Å². The molecular formula is C20H21N3O6S. The summed E-state index contributed by atoms with van der Waals surface area (Å²) in [4.78, 5) is 38.0. The van der Waals surface area contributed by atoms with Crippen molar-refractivity contribution in [2.24, 2.45) is 0 Å². The molecule has 2 aromatic rings. The highest BCUT2D eigenvalue weighted by Crippen LogP contribution is 2.29. The van der Waals surface area contributed by atoms with Crippen LogP contribution in [0.4, 0.5) is 11.4 Å². The molecule has 1 aliphatic heterocycles. The van der Waals surface area contributed by atoms with Gasteiger partial charge >= 0.3 is 5.97 Å². The molecule has 0 aromatic heterocycles. The van der Waals surface area contributed by atoms with Crippen LogP contribution in [0.15, 0.2) is 59.5 Å². The summed E-state index contributed by atoms with van der Waals surface area (Å²) in [6.07, 6.45) is -1.39. The van der Waals surface area contributed by atoms with Crippen LogP contribution in [0, 0.1) is 0 Å². The van der Waals surface area contributed by atoms with Crippen molar-refractivity contribution >= 4 is 39.2 Å². The topological polar surface area (TPSA) is 122 Å². The lowest BCUT2D eigenvalue weighted by molar-refractivity contribution is -0.153. The molecule has 0 radical (unpaired) electrons. The van der Waals surface area contributed by atoms with Crippen molar-refractivity contribution in [3.05, 3.63) is 54.6 Å². The SMILES string of the molecule is CC(OC(=O)CCNS(=O)(=O)c1ccccc1)C(=O)N1CC(=O)Nc2ccccc21. The Labute approximate surface area is 174 Å². The number of amides is 2. The van der Waals surface area contributed by atoms with Gasteiger partial charge in [-0.3, -0.25) is 19.3 Å². The lowest BCUT2D eigenvalue weighted by atomic mass is 10.1. The van der Waals surface area contributed by atoms with Gasteiger partial charge in [-0.2, -0.15) is 0 Å². The van der Waals surface area contributed by atoms with Gasteiger partial charge in [0.25, 0.3) is 5.91 Å². The molecule has 2 amide bonds. The van der Waals surface area contributed by atoms with Crippen LogP contribution in [-0.4, -0.2) is 45.4 Å². The van der Waals surface area contributed by atoms with Gasteiger partial charge in [-0.15, -0.1) is 0 Å². The summed E-state index contributed by atoms with van der Waals surface area (Å²) in [5.41, 5.74) is 1.01. The van der Waals surface area contributed by atoms with Crippen molar-refractivity contribution in [3.8, 4) is 0 Å². The van der Waals surface area contributed by atoms with Crippen LogP contribution < -0.4 is 14.9 Å². The Morgan fingerprint density at radius 3 is 2.53 bits per heavy atom. The monoisotopic (exact) mass is 431 g/mol. The first-order valence-electron chi connectivity index (χ1n) is 9.22. The van der Waals surface area contributed by atoms with Gasteiger partial charge in [0.15, 0.2) is 6.10 Å². The van der Waals surface area contributed by atoms with E-state index in [-0.39, 0.29) is 30.3 Å². The summed E-state index contributed by atoms with van der Waals surface area (Å²) in [5.74, 6) is -1.63. The van der Waals surface area contributed by atoms with E-state index in [2.05, 4.69) is 10.0 Å². The van der Waals surface area contributed by atoms with Crippen LogP contribution in [0.2, 0.25) is 0 Å². The highest BCUT2D eigenvalue weighted by molar-refractivity contribution is 7.89. The van der Waals surface area contributed by atoms with E-state index in [9.17, 15) is 22.8 Å². The number of hydrogen-bond donors (Lipinski definition) is 2. The second kappa shape index (κ2) is 9.06. The molecule has 158 valence electrons. The van der Waals surface area contributed by atoms with Crippen molar-refractivity contribution in [1.29, 1.82) is 0 Å². The number of anilines is 2. The first-order chi connectivity index (χ1) is 14.3. The van der Waals surface area contributed by atoms with Gasteiger partial charge in [-0.05, 0) is 31.2 Å². The number of esters is 1. The van der Waals surface area contributed by atoms with Crippen molar-refractivity contribution in [2.75, 3.05) is 23.3 Å². The highest BCUT2D eigenvalue weighted by atomic mass is 32.2. The molecule has 9 nitrogen and oxygen atoms in total. The van der Waals surface area contributed by atoms with Crippen molar-refractivity contribution < 1.29 is 27.5 Å². The first kappa shape index (κ1) is 21.5. The van der Waals surface area contributed by atoms with E-state index in [0.29, 0.717) is 11.4 Å². The molecule has 0 saturated heterocycles. The largest absolute Gasteiger partial charge is 0.452 e. The predicted octanol–water partition coefficient (Wildman–Crippen LogP) is 1.27. The number of rotatable bonds is 7. The number of nitrogens with zero attached hydrogens (tertiary/aromatic N) is 1. The Morgan fingerprint density at radius 2 is 1.80 bits per heavy atom. The van der Waals surface area contributed by atoms with Crippen molar-refractivity contribution in [1.82, 2.24) is 4.72 Å². The van der Waals surface area contributed by atoms with Gasteiger partial charge in [0, 0.05) is 6.54 Å². The normalized spacial score (nSPS) is 14.4. The molecule has 1 unspecified atom stereocenters. The fraction of sp³-hybridized carbons (Fsp3) is 0.250. The molecule has 3 rings (SSSR count). The summed E-state index contributed by atoms with van der Waals surface area (Å²) >= 11 is 0. The van der Waals surface area contributed by atoms with Gasteiger partial charge in [0.1, 0.15) is 6.54 Å². The minimum atomic E-state index is -3.73. The van der Waals surface area contributed by atoms with Crippen LogP contribution in [-0.2, 0) is 29.1 Å². The van der Waals surface area contributed by atoms with Crippen LogP contribution in [0.5, 0.6) is 0 Å². The van der Waals surface area contributed by atoms with E-state index in [1.807, 2.05) is 0 Å². The molecule has 30 heavy (non-hydrogen) atoms. The Hall–Kier alpha value is -3.24. The zero-order valence-electron chi connectivity index (χ0n) is 16.2. The molecule has 2 N–H and O–H groups in total. The average Bonchev–Trinajstić information content (AvgIpc) is 2.73. The van der Waals surface area contributed by atoms with Crippen LogP contribution in [0.1, 0.15) is 13.3 Å². The zero-order valence-corrected chi connectivity index (χ0v) is 17.0. The Morgan fingerprint density at radius 1 is 1.13 bits per heavy atom. The molecule has 0 saturated carbocycles. The Balaban J connectivity index is 1.55. The number of benzene rings is 2. The lowest BCUT2D eigenvalue weighted by Crippen LogP contribution is -2.47. The molecule has 0 fully saturated rings. The maximum Gasteiger partial charge on any atom is 0.307 e. The number of nitrogens with one attached hydrogen (secondary N) is 2. The highest BCUT2D eigenvalue weighted by Gasteiger charge is 2.31. The second-order valence-electron chi connectivity index (χ2n) is 6.58. The van der Waals surface area contributed by atoms with E-state index in [0.717, 1.165) is 0 Å². The molecule has 0 aliphatic carbocycles. The van der Waals surface area contributed by atoms with Crippen LogP contribution in [0.25, 0.3) is 0 Å². The van der Waals surface area contributed by atoms with Gasteiger partial charge < -0.3 is 10.1 Å². The number of carbonyl (C=O) groups is 3. The fourth-order valence-electron chi connectivity index (χ4n) is 2.93. The summed E-state index contributed by atoms with van der Waals surface area (Å²) in [6, 6.07) is 14.6. The third-order valence-corrected chi connectivity index (χ3v) is 5.84. The summed E-state index contributed by atoms with van der Waals surface area (Å²) in [5, 5.41) is 2.67. The van der Waals surface area contributed by atoms with E-state index in [1.54, 1.807) is 42.5 Å². The van der Waals surface area contributed by atoms with Gasteiger partial charge in [0.2, 0.25) is 15.9 Å². The third-order valence-electron chi connectivity index (χ3n) is 4.37. The predicted molar refractivity (Wildman–Crippen MR) is 109 cm³/mol. The average molecular weight is 431 g/mol. The van der Waals surface area contributed by atoms with E-state index in [4.69, 9.17) is 4.74 Å². The van der Waals surface area contributed by atoms with Gasteiger partial charge in [-0.1, -0.05) is 30.3 Å². The van der Waals surface area contributed by atoms with Gasteiger partial charge in [0.05, 0.1) is 22.7 Å². The maximum absolute atomic E-state index is 12.7. The fourth-order valence-corrected chi connectivity index (χ4v) is 3.98. The number of fused-ring (bicyclic) bond motifs is 1. The molecule has 1 aliphatic rings. The number of hydrogen-bond acceptors (Lipinski definition) is 6. The number of para-hydroxylation sites is 2. The summed E-state index contributed by atoms with van der Waals surface area (Å²) in [6.45, 7) is 1.05. The minimum absolute atomic E-state index is 0.0870. The first-order valence-corrected chi connectivity index (χ1v) is 10.7. The minimum Gasteiger partial charge on any atom is -0.452 e. The molecule has 10 heteroatoms. The molecule has 0 spiro atoms. The number of carbonyl (C=O) groups excluding carboxylic acids is 3. The van der Waals surface area contributed by atoms with E-state index in [1.165, 1.54) is 24.0 Å². The van der Waals surface area contributed by atoms with Crippen molar-refractivity contribution in [3.63, 3.8) is 0 Å². The molecule has 1 heterocycles. The van der Waals surface area contributed by atoms with E-state index < -0.39 is 28.0 Å². The number of sulfonamides is 1. The smallest absolute Gasteiger partial charge is 0.307 e. The molecular weight excluding hydrogens is 410 g/mol. The summed E-state index contributed by atoms with van der Waals surface area (Å²) in [7, 11) is -3.73. The molecule has 1 atom stereocenters. The maximum atomic E-state index is 12.7. The quantitative estimate of drug-likeness (QED) is 0.637. The van der Waals surface area contributed by atoms with E-state index >= 15 is 0 Å². The molecule has 0 bridgehead atoms. The summed E-state index contributed by atoms with van der Waals surface area (Å²) < 4.78 is 31.7. The molecule has 2 aromatic carbocycles. The van der Waals surface area contributed by atoms with Crippen molar-refractivity contribution in [2.45, 2.75) is 24.3 Å². The second-order valence-corrected chi connectivity index (χ2v) is 8.35. The van der Waals surface area contributed by atoms with Gasteiger partial charge in [-0.25, -0.2) is 13.1 Å². The Kier molecular flexibility index (Phi) is 6.48. The van der Waals surface area contributed by atoms with Crippen LogP contribution >= 0.6 is 0 Å². The zero-order chi connectivity index (χ0) is 21.7. The lowest BCUT2D eigenvalue weighted by Gasteiger charge is -2.30. The number of ether oxygens (including phenoxy) is 1. The Bertz CT molecular complexity index is 1060. The third kappa shape index (κ3) is 5.02.